The van der Waals surface area contributed by atoms with E-state index in [-0.39, 0.29) is 11.6 Å². The van der Waals surface area contributed by atoms with Crippen LogP contribution in [-0.4, -0.2) is 16.6 Å². The third-order valence-electron chi connectivity index (χ3n) is 3.16. The summed E-state index contributed by atoms with van der Waals surface area (Å²) in [7, 11) is 0. The summed E-state index contributed by atoms with van der Waals surface area (Å²) in [5, 5.41) is 0. The number of carbonyl (C=O) groups excluding carboxylic acids is 2. The van der Waals surface area contributed by atoms with Gasteiger partial charge < -0.3 is 0 Å². The highest BCUT2D eigenvalue weighted by Crippen LogP contribution is 2.26. The number of Topliss-reactive ketones (excluding diaryl/α,β-unsaturated/α-hetero) is 1. The normalized spacial score (nSPS) is 14.9. The minimum absolute atomic E-state index is 0.0808. The Balaban J connectivity index is 2.83. The molecule has 0 amide bonds. The summed E-state index contributed by atoms with van der Waals surface area (Å²) in [4.78, 5) is 28.0. The zero-order chi connectivity index (χ0) is 12.0. The van der Waals surface area contributed by atoms with Gasteiger partial charge in [0, 0.05) is 11.3 Å². The predicted octanol–water partition coefficient (Wildman–Crippen LogP) is 2.33. The largest absolute Gasteiger partial charge is 0.289 e. The van der Waals surface area contributed by atoms with Gasteiger partial charge in [-0.25, -0.2) is 4.98 Å². The van der Waals surface area contributed by atoms with E-state index < -0.39 is 0 Å². The molecule has 2 rings (SSSR count). The van der Waals surface area contributed by atoms with Gasteiger partial charge in [0.1, 0.15) is 5.69 Å². The number of aryl methyl sites for hydroxylation is 1. The van der Waals surface area contributed by atoms with Crippen molar-refractivity contribution in [3.8, 4) is 0 Å². The fraction of sp³-hybridized carbons (Fsp3) is 0.308. The van der Waals surface area contributed by atoms with Crippen LogP contribution in [0.3, 0.4) is 0 Å². The van der Waals surface area contributed by atoms with Crippen LogP contribution in [0.2, 0.25) is 0 Å². The molecule has 0 aliphatic heterocycles. The van der Waals surface area contributed by atoms with Gasteiger partial charge in [0.05, 0.1) is 5.56 Å². The van der Waals surface area contributed by atoms with E-state index in [1.807, 2.05) is 20.8 Å². The van der Waals surface area contributed by atoms with E-state index in [1.54, 1.807) is 6.92 Å². The minimum Gasteiger partial charge on any atom is -0.289 e. The number of allylic oxidation sites excluding steroid dienone is 2. The summed E-state index contributed by atoms with van der Waals surface area (Å²) < 4.78 is 0. The molecule has 3 heteroatoms. The maximum Gasteiger partial charge on any atom is 0.205 e. The second-order valence-electron chi connectivity index (χ2n) is 4.19. The first-order valence-electron chi connectivity index (χ1n) is 5.18. The van der Waals surface area contributed by atoms with Crippen LogP contribution in [-0.2, 0) is 0 Å². The van der Waals surface area contributed by atoms with Crippen molar-refractivity contribution in [2.75, 3.05) is 0 Å². The highest BCUT2D eigenvalue weighted by atomic mass is 16.1. The first-order chi connectivity index (χ1) is 7.43. The van der Waals surface area contributed by atoms with Crippen molar-refractivity contribution in [3.63, 3.8) is 0 Å². The van der Waals surface area contributed by atoms with Crippen molar-refractivity contribution in [2.45, 2.75) is 27.7 Å². The Hall–Kier alpha value is -1.77. The molecule has 0 saturated carbocycles. The number of ketones is 2. The van der Waals surface area contributed by atoms with E-state index in [9.17, 15) is 9.59 Å². The maximum absolute atomic E-state index is 12.0. The molecular formula is C13H13NO2. The molecule has 0 bridgehead atoms. The molecule has 0 saturated heterocycles. The van der Waals surface area contributed by atoms with Gasteiger partial charge >= 0.3 is 0 Å². The van der Waals surface area contributed by atoms with Crippen molar-refractivity contribution < 1.29 is 9.59 Å². The fourth-order valence-electron chi connectivity index (χ4n) is 1.93. The number of hydrogen-bond acceptors (Lipinski definition) is 3. The molecular weight excluding hydrogens is 202 g/mol. The first kappa shape index (κ1) is 10.7. The number of pyridine rings is 1. The second kappa shape index (κ2) is 3.37. The molecule has 0 aromatic carbocycles. The van der Waals surface area contributed by atoms with Crippen LogP contribution in [0, 0.1) is 20.8 Å². The number of carbonyl (C=O) groups is 2. The van der Waals surface area contributed by atoms with Gasteiger partial charge in [-0.2, -0.15) is 0 Å². The number of rotatable bonds is 0. The van der Waals surface area contributed by atoms with E-state index in [0.717, 1.165) is 16.8 Å². The van der Waals surface area contributed by atoms with Crippen LogP contribution in [0.4, 0.5) is 0 Å². The van der Waals surface area contributed by atoms with E-state index in [2.05, 4.69) is 4.98 Å². The topological polar surface area (TPSA) is 47.0 Å². The van der Waals surface area contributed by atoms with E-state index in [4.69, 9.17) is 0 Å². The Morgan fingerprint density at radius 1 is 1.00 bits per heavy atom. The zero-order valence-corrected chi connectivity index (χ0v) is 9.84. The zero-order valence-electron chi connectivity index (χ0n) is 9.84. The molecule has 82 valence electrons. The third-order valence-corrected chi connectivity index (χ3v) is 3.16. The molecule has 0 unspecified atom stereocenters. The summed E-state index contributed by atoms with van der Waals surface area (Å²) in [5.41, 5.74) is 3.93. The summed E-state index contributed by atoms with van der Waals surface area (Å²) in [6.07, 6.45) is 1.37. The summed E-state index contributed by atoms with van der Waals surface area (Å²) in [5.74, 6) is -0.249. The van der Waals surface area contributed by atoms with Crippen molar-refractivity contribution in [2.24, 2.45) is 0 Å². The smallest absolute Gasteiger partial charge is 0.205 e. The molecule has 1 aromatic rings. The van der Waals surface area contributed by atoms with Crippen molar-refractivity contribution in [1.29, 1.82) is 0 Å². The molecule has 0 fully saturated rings. The Morgan fingerprint density at radius 2 is 1.62 bits per heavy atom. The molecule has 0 spiro atoms. The number of hydrogen-bond donors (Lipinski definition) is 0. The molecule has 0 atom stereocenters. The van der Waals surface area contributed by atoms with Gasteiger partial charge in [0.15, 0.2) is 5.78 Å². The molecule has 3 nitrogen and oxygen atoms in total. The minimum atomic E-state index is -0.168. The average molecular weight is 215 g/mol. The van der Waals surface area contributed by atoms with Gasteiger partial charge in [-0.3, -0.25) is 9.59 Å². The highest BCUT2D eigenvalue weighted by molar-refractivity contribution is 6.24. The maximum atomic E-state index is 12.0. The van der Waals surface area contributed by atoms with Crippen LogP contribution < -0.4 is 0 Å². The third kappa shape index (κ3) is 1.32. The van der Waals surface area contributed by atoms with Crippen LogP contribution in [0.15, 0.2) is 11.6 Å². The average Bonchev–Trinajstić information content (AvgIpc) is 2.22. The van der Waals surface area contributed by atoms with Crippen molar-refractivity contribution >= 4 is 11.6 Å². The molecule has 1 aliphatic rings. The fourth-order valence-corrected chi connectivity index (χ4v) is 1.93. The monoisotopic (exact) mass is 215 g/mol. The summed E-state index contributed by atoms with van der Waals surface area (Å²) in [6, 6.07) is 0. The highest BCUT2D eigenvalue weighted by Gasteiger charge is 2.27. The molecule has 1 aromatic heterocycles. The van der Waals surface area contributed by atoms with E-state index >= 15 is 0 Å². The number of nitrogens with zero attached hydrogens (tertiary/aromatic N) is 1. The summed E-state index contributed by atoms with van der Waals surface area (Å²) in [6.45, 7) is 7.30. The van der Waals surface area contributed by atoms with Crippen LogP contribution in [0.1, 0.15) is 44.6 Å². The van der Waals surface area contributed by atoms with Crippen molar-refractivity contribution in [3.05, 3.63) is 39.7 Å². The summed E-state index contributed by atoms with van der Waals surface area (Å²) >= 11 is 0. The van der Waals surface area contributed by atoms with Gasteiger partial charge in [0.25, 0.3) is 0 Å². The lowest BCUT2D eigenvalue weighted by Crippen LogP contribution is -2.20. The standard InChI is InChI=1S/C13H13NO2/c1-6-5-10(15)12-11(13(6)16)8(3)7(2)9(4)14-12/h5H,1-4H3. The Bertz CT molecular complexity index is 554. The van der Waals surface area contributed by atoms with Gasteiger partial charge in [-0.05, 0) is 44.9 Å². The molecule has 0 N–H and O–H groups in total. The molecule has 1 aliphatic carbocycles. The first-order valence-corrected chi connectivity index (χ1v) is 5.18. The van der Waals surface area contributed by atoms with Gasteiger partial charge in [-0.1, -0.05) is 0 Å². The van der Waals surface area contributed by atoms with Gasteiger partial charge in [-0.15, -0.1) is 0 Å². The molecule has 16 heavy (non-hydrogen) atoms. The molecule has 1 heterocycles. The van der Waals surface area contributed by atoms with E-state index in [1.165, 1.54) is 6.08 Å². The predicted molar refractivity (Wildman–Crippen MR) is 60.9 cm³/mol. The second-order valence-corrected chi connectivity index (χ2v) is 4.19. The number of aromatic nitrogens is 1. The van der Waals surface area contributed by atoms with E-state index in [0.29, 0.717) is 16.8 Å². The van der Waals surface area contributed by atoms with Crippen LogP contribution in [0.5, 0.6) is 0 Å². The lowest BCUT2D eigenvalue weighted by atomic mass is 9.88. The quantitative estimate of drug-likeness (QED) is 0.667. The molecule has 0 radical (unpaired) electrons. The number of fused-ring (bicyclic) bond motifs is 1. The van der Waals surface area contributed by atoms with Crippen LogP contribution >= 0.6 is 0 Å². The Morgan fingerprint density at radius 3 is 2.25 bits per heavy atom. The Labute approximate surface area is 94.2 Å². The van der Waals surface area contributed by atoms with Gasteiger partial charge in [0.2, 0.25) is 5.78 Å². The lowest BCUT2D eigenvalue weighted by molar-refractivity contribution is 0.0980. The SMILES string of the molecule is CC1=CC(=O)c2nc(C)c(C)c(C)c2C1=O. The van der Waals surface area contributed by atoms with Crippen molar-refractivity contribution in [1.82, 2.24) is 4.98 Å². The van der Waals surface area contributed by atoms with Crippen LogP contribution in [0.25, 0.3) is 0 Å². The lowest BCUT2D eigenvalue weighted by Gasteiger charge is -2.17. The Kier molecular flexibility index (Phi) is 2.26.